The average molecular weight is 381 g/mol. The number of amides is 2. The van der Waals surface area contributed by atoms with E-state index >= 15 is 0 Å². The highest BCUT2D eigenvalue weighted by Crippen LogP contribution is 2.20. The maximum Gasteiger partial charge on any atom is 0.225 e. The van der Waals surface area contributed by atoms with Crippen molar-refractivity contribution in [3.8, 4) is 0 Å². The van der Waals surface area contributed by atoms with Crippen LogP contribution in [0.2, 0.25) is 0 Å². The molecule has 0 aliphatic carbocycles. The second kappa shape index (κ2) is 9.46. The highest BCUT2D eigenvalue weighted by atomic mass is 16.5. The summed E-state index contributed by atoms with van der Waals surface area (Å²) in [5.41, 5.74) is 2.93. The van der Waals surface area contributed by atoms with E-state index in [1.807, 2.05) is 56.3 Å². The van der Waals surface area contributed by atoms with Crippen molar-refractivity contribution < 1.29 is 14.3 Å². The summed E-state index contributed by atoms with van der Waals surface area (Å²) in [5.74, 6) is -0.400. The van der Waals surface area contributed by atoms with Gasteiger partial charge in [-0.05, 0) is 37.1 Å². The van der Waals surface area contributed by atoms with E-state index in [0.717, 1.165) is 16.8 Å². The Morgan fingerprint density at radius 3 is 2.82 bits per heavy atom. The first-order valence-electron chi connectivity index (χ1n) is 9.66. The van der Waals surface area contributed by atoms with Crippen molar-refractivity contribution in [3.05, 3.63) is 65.5 Å². The number of aromatic nitrogens is 1. The number of carbonyl (C=O) groups excluding carboxylic acids is 2. The number of benzene rings is 1. The number of nitrogens with zero attached hydrogens (tertiary/aromatic N) is 2. The third-order valence-corrected chi connectivity index (χ3v) is 4.71. The Balaban J connectivity index is 1.50. The molecule has 0 saturated carbocycles. The molecule has 1 aliphatic rings. The van der Waals surface area contributed by atoms with Gasteiger partial charge in [0.15, 0.2) is 0 Å². The maximum absolute atomic E-state index is 12.5. The normalized spacial score (nSPS) is 16.6. The van der Waals surface area contributed by atoms with E-state index in [4.69, 9.17) is 4.74 Å². The second-order valence-electron chi connectivity index (χ2n) is 7.39. The number of nitrogens with one attached hydrogen (secondary N) is 1. The molecule has 0 radical (unpaired) electrons. The van der Waals surface area contributed by atoms with Gasteiger partial charge in [-0.2, -0.15) is 0 Å². The van der Waals surface area contributed by atoms with Crippen LogP contribution in [0, 0.1) is 5.92 Å². The lowest BCUT2D eigenvalue weighted by atomic mass is 10.1. The monoisotopic (exact) mass is 381 g/mol. The van der Waals surface area contributed by atoms with Gasteiger partial charge < -0.3 is 15.0 Å². The Labute approximate surface area is 165 Å². The minimum atomic E-state index is -0.316. The average Bonchev–Trinajstić information content (AvgIpc) is 3.06. The molecule has 0 bridgehead atoms. The molecular weight excluding hydrogens is 354 g/mol. The lowest BCUT2D eigenvalue weighted by molar-refractivity contribution is -0.129. The predicted molar refractivity (Wildman–Crippen MR) is 106 cm³/mol. The molecule has 0 spiro atoms. The van der Waals surface area contributed by atoms with Crippen molar-refractivity contribution in [2.45, 2.75) is 46.1 Å². The van der Waals surface area contributed by atoms with Gasteiger partial charge in [0, 0.05) is 25.7 Å². The minimum absolute atomic E-state index is 0.00126. The third kappa shape index (κ3) is 5.63. The summed E-state index contributed by atoms with van der Waals surface area (Å²) in [6.45, 7) is 5.89. The van der Waals surface area contributed by atoms with Crippen LogP contribution < -0.4 is 5.32 Å². The van der Waals surface area contributed by atoms with Gasteiger partial charge in [0.2, 0.25) is 11.8 Å². The summed E-state index contributed by atoms with van der Waals surface area (Å²) in [6.07, 6.45) is 2.14. The molecule has 1 N–H and O–H groups in total. The number of likely N-dealkylation sites (tertiary alicyclic amines) is 1. The third-order valence-electron chi connectivity index (χ3n) is 4.71. The number of hydrogen-bond acceptors (Lipinski definition) is 4. The van der Waals surface area contributed by atoms with Crippen molar-refractivity contribution in [1.82, 2.24) is 15.2 Å². The number of carbonyl (C=O) groups is 2. The molecule has 1 aromatic carbocycles. The van der Waals surface area contributed by atoms with Crippen LogP contribution in [0.25, 0.3) is 0 Å². The van der Waals surface area contributed by atoms with Crippen LogP contribution in [0.4, 0.5) is 0 Å². The molecule has 2 amide bonds. The first-order chi connectivity index (χ1) is 13.5. The van der Waals surface area contributed by atoms with Gasteiger partial charge in [0.1, 0.15) is 0 Å². The molecule has 2 heterocycles. The van der Waals surface area contributed by atoms with Crippen LogP contribution >= 0.6 is 0 Å². The Morgan fingerprint density at radius 2 is 2.07 bits per heavy atom. The van der Waals surface area contributed by atoms with Crippen molar-refractivity contribution >= 4 is 11.8 Å². The minimum Gasteiger partial charge on any atom is -0.374 e. The lowest BCUT2D eigenvalue weighted by Crippen LogP contribution is -2.32. The van der Waals surface area contributed by atoms with E-state index in [-0.39, 0.29) is 30.3 Å². The summed E-state index contributed by atoms with van der Waals surface area (Å²) < 4.78 is 5.63. The highest BCUT2D eigenvalue weighted by Gasteiger charge is 2.34. The molecule has 3 rings (SSSR count). The second-order valence-corrected chi connectivity index (χ2v) is 7.39. The standard InChI is InChI=1S/C22H27N3O3/c1-16(2)28-15-18-7-5-6-17(10-18)12-24-22(27)19-11-21(26)25(13-19)14-20-8-3-4-9-23-20/h3-10,16,19H,11-15H2,1-2H3,(H,24,27). The van der Waals surface area contributed by atoms with E-state index in [1.54, 1.807) is 11.1 Å². The zero-order chi connectivity index (χ0) is 19.9. The van der Waals surface area contributed by atoms with E-state index in [9.17, 15) is 9.59 Å². The fraction of sp³-hybridized carbons (Fsp3) is 0.409. The summed E-state index contributed by atoms with van der Waals surface area (Å²) in [5, 5.41) is 2.96. The zero-order valence-corrected chi connectivity index (χ0v) is 16.4. The quantitative estimate of drug-likeness (QED) is 0.763. The molecule has 148 valence electrons. The molecule has 1 fully saturated rings. The van der Waals surface area contributed by atoms with Crippen molar-refractivity contribution in [3.63, 3.8) is 0 Å². The summed E-state index contributed by atoms with van der Waals surface area (Å²) in [7, 11) is 0. The van der Waals surface area contributed by atoms with E-state index in [1.165, 1.54) is 0 Å². The molecule has 1 aromatic heterocycles. The molecule has 1 unspecified atom stereocenters. The molecular formula is C22H27N3O3. The molecule has 2 aromatic rings. The lowest BCUT2D eigenvalue weighted by Gasteiger charge is -2.16. The van der Waals surface area contributed by atoms with Crippen molar-refractivity contribution in [2.24, 2.45) is 5.92 Å². The first-order valence-corrected chi connectivity index (χ1v) is 9.66. The molecule has 6 nitrogen and oxygen atoms in total. The molecule has 1 atom stereocenters. The number of hydrogen-bond donors (Lipinski definition) is 1. The summed E-state index contributed by atoms with van der Waals surface area (Å²) in [6, 6.07) is 13.6. The SMILES string of the molecule is CC(C)OCc1cccc(CNC(=O)C2CC(=O)N(Cc3ccccn3)C2)c1. The van der Waals surface area contributed by atoms with Gasteiger partial charge >= 0.3 is 0 Å². The smallest absolute Gasteiger partial charge is 0.225 e. The number of pyridine rings is 1. The zero-order valence-electron chi connectivity index (χ0n) is 16.4. The fourth-order valence-corrected chi connectivity index (χ4v) is 3.21. The Morgan fingerprint density at radius 1 is 1.25 bits per heavy atom. The Hall–Kier alpha value is -2.73. The van der Waals surface area contributed by atoms with Gasteiger partial charge in [-0.15, -0.1) is 0 Å². The van der Waals surface area contributed by atoms with Gasteiger partial charge in [-0.25, -0.2) is 0 Å². The van der Waals surface area contributed by atoms with Crippen LogP contribution in [0.5, 0.6) is 0 Å². The van der Waals surface area contributed by atoms with E-state index in [2.05, 4.69) is 10.3 Å². The molecule has 1 aliphatic heterocycles. The van der Waals surface area contributed by atoms with Crippen LogP contribution in [-0.4, -0.2) is 34.3 Å². The largest absolute Gasteiger partial charge is 0.374 e. The highest BCUT2D eigenvalue weighted by molar-refractivity contribution is 5.89. The molecule has 6 heteroatoms. The van der Waals surface area contributed by atoms with Gasteiger partial charge in [0.25, 0.3) is 0 Å². The van der Waals surface area contributed by atoms with Crippen molar-refractivity contribution in [2.75, 3.05) is 6.54 Å². The van der Waals surface area contributed by atoms with Crippen LogP contribution in [0.3, 0.4) is 0 Å². The first kappa shape index (κ1) is 20.0. The van der Waals surface area contributed by atoms with Crippen LogP contribution in [0.15, 0.2) is 48.7 Å². The van der Waals surface area contributed by atoms with Crippen LogP contribution in [-0.2, 0) is 34.0 Å². The predicted octanol–water partition coefficient (Wildman–Crippen LogP) is 2.67. The molecule has 28 heavy (non-hydrogen) atoms. The van der Waals surface area contributed by atoms with Gasteiger partial charge in [-0.1, -0.05) is 30.3 Å². The Kier molecular flexibility index (Phi) is 6.76. The number of ether oxygens (including phenoxy) is 1. The maximum atomic E-state index is 12.5. The molecule has 1 saturated heterocycles. The topological polar surface area (TPSA) is 71.5 Å². The van der Waals surface area contributed by atoms with Crippen LogP contribution in [0.1, 0.15) is 37.1 Å². The van der Waals surface area contributed by atoms with E-state index < -0.39 is 0 Å². The van der Waals surface area contributed by atoms with Gasteiger partial charge in [0.05, 0.1) is 30.9 Å². The Bertz CT molecular complexity index is 808. The fourth-order valence-electron chi connectivity index (χ4n) is 3.21. The van der Waals surface area contributed by atoms with Gasteiger partial charge in [-0.3, -0.25) is 14.6 Å². The number of rotatable bonds is 8. The summed E-state index contributed by atoms with van der Waals surface area (Å²) >= 11 is 0. The summed E-state index contributed by atoms with van der Waals surface area (Å²) in [4.78, 5) is 30.7. The van der Waals surface area contributed by atoms with Crippen molar-refractivity contribution in [1.29, 1.82) is 0 Å². The van der Waals surface area contributed by atoms with E-state index in [0.29, 0.717) is 26.2 Å².